The lowest BCUT2D eigenvalue weighted by molar-refractivity contribution is 0.0950. The van der Waals surface area contributed by atoms with E-state index in [9.17, 15) is 4.79 Å². The van der Waals surface area contributed by atoms with Gasteiger partial charge in [0.2, 0.25) is 5.95 Å². The van der Waals surface area contributed by atoms with E-state index in [0.717, 1.165) is 11.3 Å². The average molecular weight is 355 g/mol. The maximum atomic E-state index is 12.4. The Kier molecular flexibility index (Phi) is 6.11. The Morgan fingerprint density at radius 1 is 0.962 bits per heavy atom. The van der Waals surface area contributed by atoms with Gasteiger partial charge < -0.3 is 14.7 Å². The lowest BCUT2D eigenvalue weighted by atomic mass is 10.2. The first-order valence-electron chi connectivity index (χ1n) is 8.12. The molecular weight excluding hydrogens is 330 g/mol. The molecule has 1 aromatic heterocycles. The summed E-state index contributed by atoms with van der Waals surface area (Å²) in [7, 11) is 11.3. The van der Waals surface area contributed by atoms with Crippen molar-refractivity contribution in [1.82, 2.24) is 15.4 Å². The summed E-state index contributed by atoms with van der Waals surface area (Å²) in [5, 5.41) is 4.02. The molecule has 0 bridgehead atoms. The highest BCUT2D eigenvalue weighted by atomic mass is 16.2. The molecule has 1 amide bonds. The third-order valence-corrected chi connectivity index (χ3v) is 3.58. The van der Waals surface area contributed by atoms with E-state index in [0.29, 0.717) is 11.8 Å². The Bertz CT molecular complexity index is 756. The summed E-state index contributed by atoms with van der Waals surface area (Å²) < 4.78 is 0. The van der Waals surface area contributed by atoms with Crippen molar-refractivity contribution in [2.75, 3.05) is 57.0 Å². The van der Waals surface area contributed by atoms with E-state index in [4.69, 9.17) is 0 Å². The molecule has 0 fully saturated rings. The molecule has 26 heavy (non-hydrogen) atoms. The molecule has 1 N–H and O–H groups in total. The lowest BCUT2D eigenvalue weighted by Gasteiger charge is -2.16. The van der Waals surface area contributed by atoms with Crippen molar-refractivity contribution in [3.8, 4) is 0 Å². The Morgan fingerprint density at radius 2 is 1.62 bits per heavy atom. The van der Waals surface area contributed by atoms with Crippen molar-refractivity contribution in [3.63, 3.8) is 0 Å². The first-order valence-corrected chi connectivity index (χ1v) is 8.12. The number of hydrogen-bond donors (Lipinski definition) is 1. The van der Waals surface area contributed by atoms with Gasteiger partial charge in [-0.05, 0) is 17.7 Å². The predicted octanol–water partition coefficient (Wildman–Crippen LogP) is 1.44. The van der Waals surface area contributed by atoms with Crippen LogP contribution >= 0.6 is 0 Å². The summed E-state index contributed by atoms with van der Waals surface area (Å²) in [6.45, 7) is 0. The fourth-order valence-electron chi connectivity index (χ4n) is 2.05. The summed E-state index contributed by atoms with van der Waals surface area (Å²) in [5.41, 5.74) is 4.75. The van der Waals surface area contributed by atoms with Gasteiger partial charge in [-0.15, -0.1) is 0 Å². The minimum atomic E-state index is -0.389. The second-order valence-corrected chi connectivity index (χ2v) is 6.39. The maximum Gasteiger partial charge on any atom is 0.290 e. The number of rotatable bonds is 6. The molecule has 8 nitrogen and oxygen atoms in total. The minimum absolute atomic E-state index is 0.257. The van der Waals surface area contributed by atoms with Crippen LogP contribution in [-0.4, -0.2) is 64.4 Å². The summed E-state index contributed by atoms with van der Waals surface area (Å²) >= 11 is 0. The largest absolute Gasteiger partial charge is 0.378 e. The monoisotopic (exact) mass is 355 g/mol. The van der Waals surface area contributed by atoms with Crippen molar-refractivity contribution >= 4 is 29.6 Å². The molecule has 1 aromatic carbocycles. The predicted molar refractivity (Wildman–Crippen MR) is 107 cm³/mol. The van der Waals surface area contributed by atoms with Crippen molar-refractivity contribution < 1.29 is 4.79 Å². The Labute approximate surface area is 154 Å². The third kappa shape index (κ3) is 4.92. The molecule has 0 saturated heterocycles. The fraction of sp³-hybridized carbons (Fsp3) is 0.333. The van der Waals surface area contributed by atoms with Crippen LogP contribution in [0.1, 0.15) is 16.1 Å². The highest BCUT2D eigenvalue weighted by Gasteiger charge is 2.13. The number of amides is 1. The van der Waals surface area contributed by atoms with Gasteiger partial charge >= 0.3 is 0 Å². The normalized spacial score (nSPS) is 10.7. The molecule has 2 aromatic rings. The quantitative estimate of drug-likeness (QED) is 0.624. The van der Waals surface area contributed by atoms with E-state index in [1.54, 1.807) is 17.2 Å². The number of anilines is 3. The molecule has 1 heterocycles. The summed E-state index contributed by atoms with van der Waals surface area (Å²) in [5.74, 6) is 0.724. The van der Waals surface area contributed by atoms with E-state index < -0.39 is 0 Å². The summed E-state index contributed by atoms with van der Waals surface area (Å²) in [6.07, 6.45) is 1.60. The van der Waals surface area contributed by atoms with Crippen LogP contribution in [0.25, 0.3) is 0 Å². The van der Waals surface area contributed by atoms with Gasteiger partial charge in [-0.3, -0.25) is 4.79 Å². The van der Waals surface area contributed by atoms with E-state index in [-0.39, 0.29) is 11.6 Å². The van der Waals surface area contributed by atoms with Crippen molar-refractivity contribution in [2.24, 2.45) is 5.10 Å². The van der Waals surface area contributed by atoms with E-state index in [2.05, 4.69) is 20.5 Å². The first kappa shape index (κ1) is 19.2. The number of nitrogens with one attached hydrogen (secondary N) is 1. The number of hydrazone groups is 1. The zero-order chi connectivity index (χ0) is 19.3. The molecule has 0 radical (unpaired) electrons. The van der Waals surface area contributed by atoms with E-state index >= 15 is 0 Å². The van der Waals surface area contributed by atoms with Crippen LogP contribution in [0.3, 0.4) is 0 Å². The molecule has 0 aliphatic rings. The van der Waals surface area contributed by atoms with Gasteiger partial charge in [0.05, 0.1) is 6.21 Å². The molecule has 8 heteroatoms. The van der Waals surface area contributed by atoms with Gasteiger partial charge in [-0.2, -0.15) is 10.1 Å². The van der Waals surface area contributed by atoms with Gasteiger partial charge in [0, 0.05) is 54.0 Å². The van der Waals surface area contributed by atoms with Crippen molar-refractivity contribution in [3.05, 3.63) is 41.6 Å². The summed E-state index contributed by atoms with van der Waals surface area (Å²) in [4.78, 5) is 26.6. The number of carbonyl (C=O) groups excluding carboxylic acids is 1. The number of benzene rings is 1. The van der Waals surface area contributed by atoms with Crippen LogP contribution < -0.4 is 20.1 Å². The maximum absolute atomic E-state index is 12.4. The zero-order valence-electron chi connectivity index (χ0n) is 16.1. The minimum Gasteiger partial charge on any atom is -0.378 e. The van der Waals surface area contributed by atoms with Crippen LogP contribution in [0.15, 0.2) is 35.4 Å². The third-order valence-electron chi connectivity index (χ3n) is 3.58. The lowest BCUT2D eigenvalue weighted by Crippen LogP contribution is -2.23. The molecule has 0 saturated carbocycles. The number of aromatic nitrogens is 2. The van der Waals surface area contributed by atoms with Crippen molar-refractivity contribution in [1.29, 1.82) is 0 Å². The Morgan fingerprint density at radius 3 is 2.15 bits per heavy atom. The first-order chi connectivity index (χ1) is 12.3. The van der Waals surface area contributed by atoms with E-state index in [1.165, 1.54) is 0 Å². The second kappa shape index (κ2) is 8.28. The van der Waals surface area contributed by atoms with Crippen LogP contribution in [0, 0.1) is 0 Å². The van der Waals surface area contributed by atoms with Crippen LogP contribution in [0.5, 0.6) is 0 Å². The topological polar surface area (TPSA) is 77.0 Å². The number of carbonyl (C=O) groups is 1. The molecule has 0 atom stereocenters. The van der Waals surface area contributed by atoms with Gasteiger partial charge in [-0.1, -0.05) is 12.1 Å². The zero-order valence-corrected chi connectivity index (χ0v) is 16.1. The van der Waals surface area contributed by atoms with Gasteiger partial charge in [0.25, 0.3) is 5.91 Å². The van der Waals surface area contributed by atoms with Crippen molar-refractivity contribution in [2.45, 2.75) is 0 Å². The molecule has 138 valence electrons. The van der Waals surface area contributed by atoms with Crippen LogP contribution in [-0.2, 0) is 0 Å². The standard InChI is InChI=1S/C18H25N7O/c1-23(2)14-9-7-13(8-10-14)12-19-22-17(26)15-11-16(24(3)4)21-18(20-15)25(5)6/h7-12H,1-6H3,(H,22,26). The van der Waals surface area contributed by atoms with Crippen LogP contribution in [0.2, 0.25) is 0 Å². The molecular formula is C18H25N7O. The Hall–Kier alpha value is -3.16. The molecule has 0 aliphatic carbocycles. The Balaban J connectivity index is 2.11. The highest BCUT2D eigenvalue weighted by Crippen LogP contribution is 2.14. The summed E-state index contributed by atoms with van der Waals surface area (Å²) in [6, 6.07) is 9.47. The molecule has 0 aliphatic heterocycles. The highest BCUT2D eigenvalue weighted by molar-refractivity contribution is 5.94. The molecule has 2 rings (SSSR count). The van der Waals surface area contributed by atoms with E-state index in [1.807, 2.05) is 76.4 Å². The fourth-order valence-corrected chi connectivity index (χ4v) is 2.05. The van der Waals surface area contributed by atoms with Gasteiger partial charge in [-0.25, -0.2) is 10.4 Å². The van der Waals surface area contributed by atoms with Crippen LogP contribution in [0.4, 0.5) is 17.5 Å². The smallest absolute Gasteiger partial charge is 0.290 e. The number of hydrogen-bond acceptors (Lipinski definition) is 7. The SMILES string of the molecule is CN(C)c1ccc(C=NNC(=O)c2cc(N(C)C)nc(N(C)C)n2)cc1. The molecule has 0 spiro atoms. The average Bonchev–Trinajstić information content (AvgIpc) is 2.61. The number of nitrogens with zero attached hydrogens (tertiary/aromatic N) is 6. The van der Waals surface area contributed by atoms with Gasteiger partial charge in [0.15, 0.2) is 0 Å². The second-order valence-electron chi connectivity index (χ2n) is 6.39. The van der Waals surface area contributed by atoms with Gasteiger partial charge in [0.1, 0.15) is 11.5 Å². The molecule has 0 unspecified atom stereocenters.